The molecule has 1 aliphatic heterocycles. The maximum Gasteiger partial charge on any atom is 0.242 e. The Kier molecular flexibility index (Phi) is 5.66. The second-order valence-corrected chi connectivity index (χ2v) is 9.25. The van der Waals surface area contributed by atoms with E-state index in [2.05, 4.69) is 5.32 Å². The van der Waals surface area contributed by atoms with E-state index in [1.807, 2.05) is 12.2 Å². The zero-order valence-electron chi connectivity index (χ0n) is 15.8. The number of hydrogen-bond acceptors (Lipinski definition) is 5. The molecule has 0 saturated carbocycles. The molecule has 2 aliphatic rings. The fourth-order valence-electron chi connectivity index (χ4n) is 3.45. The quantitative estimate of drug-likeness (QED) is 0.566. The predicted octanol–water partition coefficient (Wildman–Crippen LogP) is 1.22. The molecule has 0 unspecified atom stereocenters. The normalized spacial score (nSPS) is 21.9. The SMILES string of the molecule is CN(C)S(=O)(=O)c1ccc(NC(=O)CCN2C(=O)[C@H]3CC=CC[C@H]3C2=O)cc1. The van der Waals surface area contributed by atoms with Gasteiger partial charge in [0, 0.05) is 32.7 Å². The van der Waals surface area contributed by atoms with Crippen molar-refractivity contribution in [2.45, 2.75) is 24.2 Å². The largest absolute Gasteiger partial charge is 0.326 e. The van der Waals surface area contributed by atoms with Crippen molar-refractivity contribution in [2.24, 2.45) is 11.8 Å². The van der Waals surface area contributed by atoms with Gasteiger partial charge in [0.2, 0.25) is 27.7 Å². The minimum Gasteiger partial charge on any atom is -0.326 e. The van der Waals surface area contributed by atoms with E-state index < -0.39 is 10.0 Å². The number of fused-ring (bicyclic) bond motifs is 1. The third-order valence-electron chi connectivity index (χ3n) is 5.08. The van der Waals surface area contributed by atoms with Gasteiger partial charge in [-0.3, -0.25) is 19.3 Å². The van der Waals surface area contributed by atoms with E-state index in [0.717, 1.165) is 4.31 Å². The van der Waals surface area contributed by atoms with Gasteiger partial charge in [0.05, 0.1) is 16.7 Å². The Hall–Kier alpha value is -2.52. The molecule has 2 atom stereocenters. The number of sulfonamides is 1. The fraction of sp³-hybridized carbons (Fsp3) is 0.421. The minimum absolute atomic E-state index is 0.0118. The first-order chi connectivity index (χ1) is 13.2. The molecular weight excluding hydrogens is 382 g/mol. The van der Waals surface area contributed by atoms with Crippen LogP contribution in [0.4, 0.5) is 5.69 Å². The Labute approximate surface area is 164 Å². The molecule has 1 saturated heterocycles. The first kappa shape index (κ1) is 20.2. The Morgan fingerprint density at radius 2 is 1.61 bits per heavy atom. The summed E-state index contributed by atoms with van der Waals surface area (Å²) < 4.78 is 25.2. The molecule has 9 heteroatoms. The Balaban J connectivity index is 1.56. The highest BCUT2D eigenvalue weighted by molar-refractivity contribution is 7.89. The molecule has 1 heterocycles. The first-order valence-corrected chi connectivity index (χ1v) is 10.5. The molecule has 1 fully saturated rings. The summed E-state index contributed by atoms with van der Waals surface area (Å²) in [6.07, 6.45) is 4.97. The van der Waals surface area contributed by atoms with Gasteiger partial charge in [-0.1, -0.05) is 12.2 Å². The molecular formula is C19H23N3O5S. The first-order valence-electron chi connectivity index (χ1n) is 9.04. The van der Waals surface area contributed by atoms with Gasteiger partial charge >= 0.3 is 0 Å². The van der Waals surface area contributed by atoms with Crippen molar-refractivity contribution in [2.75, 3.05) is 26.0 Å². The maximum atomic E-state index is 12.4. The van der Waals surface area contributed by atoms with Crippen LogP contribution in [-0.2, 0) is 24.4 Å². The van der Waals surface area contributed by atoms with Crippen LogP contribution < -0.4 is 5.32 Å². The van der Waals surface area contributed by atoms with Gasteiger partial charge < -0.3 is 5.32 Å². The van der Waals surface area contributed by atoms with E-state index in [0.29, 0.717) is 18.5 Å². The summed E-state index contributed by atoms with van der Waals surface area (Å²) in [6, 6.07) is 5.83. The van der Waals surface area contributed by atoms with Crippen molar-refractivity contribution in [3.8, 4) is 0 Å². The van der Waals surface area contributed by atoms with E-state index in [9.17, 15) is 22.8 Å². The summed E-state index contributed by atoms with van der Waals surface area (Å²) in [5, 5.41) is 2.66. The Morgan fingerprint density at radius 3 is 2.11 bits per heavy atom. The Morgan fingerprint density at radius 1 is 1.07 bits per heavy atom. The van der Waals surface area contributed by atoms with Crippen LogP contribution in [0.5, 0.6) is 0 Å². The van der Waals surface area contributed by atoms with Crippen LogP contribution in [0.2, 0.25) is 0 Å². The predicted molar refractivity (Wildman–Crippen MR) is 103 cm³/mol. The van der Waals surface area contributed by atoms with Crippen LogP contribution in [0.25, 0.3) is 0 Å². The number of nitrogens with one attached hydrogen (secondary N) is 1. The lowest BCUT2D eigenvalue weighted by Crippen LogP contribution is -2.34. The number of anilines is 1. The highest BCUT2D eigenvalue weighted by atomic mass is 32.2. The van der Waals surface area contributed by atoms with E-state index in [-0.39, 0.29) is 47.4 Å². The van der Waals surface area contributed by atoms with Crippen molar-refractivity contribution in [3.63, 3.8) is 0 Å². The van der Waals surface area contributed by atoms with Crippen LogP contribution in [0.15, 0.2) is 41.3 Å². The number of allylic oxidation sites excluding steroid dienone is 2. The van der Waals surface area contributed by atoms with Gasteiger partial charge in [0.1, 0.15) is 0 Å². The fourth-order valence-corrected chi connectivity index (χ4v) is 4.35. The lowest BCUT2D eigenvalue weighted by Gasteiger charge is -2.15. The second kappa shape index (κ2) is 7.84. The number of carbonyl (C=O) groups is 3. The van der Waals surface area contributed by atoms with E-state index in [1.54, 1.807) is 0 Å². The molecule has 0 radical (unpaired) electrons. The molecule has 0 spiro atoms. The average molecular weight is 405 g/mol. The number of hydrogen-bond donors (Lipinski definition) is 1. The highest BCUT2D eigenvalue weighted by Gasteiger charge is 2.46. The van der Waals surface area contributed by atoms with Crippen LogP contribution >= 0.6 is 0 Å². The molecule has 0 aromatic heterocycles. The van der Waals surface area contributed by atoms with Crippen LogP contribution in [0.1, 0.15) is 19.3 Å². The van der Waals surface area contributed by atoms with Gasteiger partial charge in [-0.05, 0) is 37.1 Å². The summed E-state index contributed by atoms with van der Waals surface area (Å²) in [7, 11) is -0.647. The van der Waals surface area contributed by atoms with Crippen molar-refractivity contribution >= 4 is 33.4 Å². The van der Waals surface area contributed by atoms with Crippen molar-refractivity contribution < 1.29 is 22.8 Å². The number of amides is 3. The third-order valence-corrected chi connectivity index (χ3v) is 6.91. The van der Waals surface area contributed by atoms with Crippen molar-refractivity contribution in [1.29, 1.82) is 0 Å². The summed E-state index contributed by atoms with van der Waals surface area (Å²) >= 11 is 0. The van der Waals surface area contributed by atoms with Gasteiger partial charge in [-0.15, -0.1) is 0 Å². The average Bonchev–Trinajstić information content (AvgIpc) is 2.91. The molecule has 3 amide bonds. The van der Waals surface area contributed by atoms with Crippen LogP contribution in [0.3, 0.4) is 0 Å². The number of imide groups is 1. The summed E-state index contributed by atoms with van der Waals surface area (Å²) in [6.45, 7) is 0.0452. The third kappa shape index (κ3) is 3.85. The summed E-state index contributed by atoms with van der Waals surface area (Å²) in [5.74, 6) is -1.36. The molecule has 3 rings (SSSR count). The zero-order chi connectivity index (χ0) is 20.5. The lowest BCUT2D eigenvalue weighted by molar-refractivity contribution is -0.140. The smallest absolute Gasteiger partial charge is 0.242 e. The molecule has 150 valence electrons. The monoisotopic (exact) mass is 405 g/mol. The minimum atomic E-state index is -3.53. The topological polar surface area (TPSA) is 104 Å². The molecule has 1 aromatic carbocycles. The number of nitrogens with zero attached hydrogens (tertiary/aromatic N) is 2. The number of rotatable bonds is 6. The van der Waals surface area contributed by atoms with Gasteiger partial charge in [0.15, 0.2) is 0 Å². The number of benzene rings is 1. The molecule has 1 aliphatic carbocycles. The molecule has 0 bridgehead atoms. The van der Waals surface area contributed by atoms with E-state index >= 15 is 0 Å². The van der Waals surface area contributed by atoms with E-state index in [1.165, 1.54) is 43.3 Å². The van der Waals surface area contributed by atoms with Crippen molar-refractivity contribution in [1.82, 2.24) is 9.21 Å². The number of carbonyl (C=O) groups excluding carboxylic acids is 3. The maximum absolute atomic E-state index is 12.4. The van der Waals surface area contributed by atoms with Crippen molar-refractivity contribution in [3.05, 3.63) is 36.4 Å². The molecule has 1 aromatic rings. The highest BCUT2D eigenvalue weighted by Crippen LogP contribution is 2.35. The molecule has 1 N–H and O–H groups in total. The summed E-state index contributed by atoms with van der Waals surface area (Å²) in [5.41, 5.74) is 0.444. The van der Waals surface area contributed by atoms with Gasteiger partial charge in [-0.2, -0.15) is 0 Å². The zero-order valence-corrected chi connectivity index (χ0v) is 16.6. The second-order valence-electron chi connectivity index (χ2n) is 7.09. The lowest BCUT2D eigenvalue weighted by atomic mass is 9.85. The van der Waals surface area contributed by atoms with Crippen LogP contribution in [0, 0.1) is 11.8 Å². The van der Waals surface area contributed by atoms with E-state index in [4.69, 9.17) is 0 Å². The standard InChI is InChI=1S/C19H23N3O5S/c1-21(2)28(26,27)14-9-7-13(8-10-14)20-17(23)11-12-22-18(24)15-5-3-4-6-16(15)19(22)25/h3-4,7-10,15-16H,5-6,11-12H2,1-2H3,(H,20,23)/t15-,16+. The number of likely N-dealkylation sites (tertiary alicyclic amines) is 1. The Bertz CT molecular complexity index is 895. The van der Waals surface area contributed by atoms with Gasteiger partial charge in [0.25, 0.3) is 0 Å². The molecule has 8 nitrogen and oxygen atoms in total. The van der Waals surface area contributed by atoms with Crippen LogP contribution in [-0.4, -0.2) is 56.0 Å². The summed E-state index contributed by atoms with van der Waals surface area (Å²) in [4.78, 5) is 38.3. The van der Waals surface area contributed by atoms with Gasteiger partial charge in [-0.25, -0.2) is 12.7 Å². The molecule has 28 heavy (non-hydrogen) atoms.